The highest BCUT2D eigenvalue weighted by Crippen LogP contribution is 2.74. The number of hydrogen-bond acceptors (Lipinski definition) is 8. The second kappa shape index (κ2) is 14.4. The van der Waals surface area contributed by atoms with Crippen molar-refractivity contribution in [3.8, 4) is 0 Å². The molecule has 2 aromatic rings. The van der Waals surface area contributed by atoms with Crippen LogP contribution < -0.4 is 0 Å². The molecule has 6 rings (SSSR count). The number of aliphatic hydroxyl groups excluding tert-OH is 2. The largest absolute Gasteiger partial charge is 0.458 e. The lowest BCUT2D eigenvalue weighted by atomic mass is 9.36. The molecule has 1 heterocycles. The van der Waals surface area contributed by atoms with Crippen molar-refractivity contribution in [2.75, 3.05) is 0 Å². The number of carbonyl (C=O) groups excluding carboxylic acids is 2. The summed E-state index contributed by atoms with van der Waals surface area (Å²) in [5, 5.41) is 32.3. The molecule has 51 heavy (non-hydrogen) atoms. The Morgan fingerprint density at radius 2 is 1.76 bits per heavy atom. The Morgan fingerprint density at radius 3 is 2.45 bits per heavy atom. The van der Waals surface area contributed by atoms with E-state index in [-0.39, 0.29) is 52.7 Å². The average Bonchev–Trinajstić information content (AvgIpc) is 3.62. The molecule has 0 radical (unpaired) electrons. The molecule has 10 atom stereocenters. The Kier molecular flexibility index (Phi) is 10.7. The van der Waals surface area contributed by atoms with Crippen LogP contribution in [-0.4, -0.2) is 55.5 Å². The quantitative estimate of drug-likeness (QED) is 0.154. The van der Waals surface area contributed by atoms with E-state index in [0.29, 0.717) is 54.4 Å². The molecule has 0 aliphatic heterocycles. The lowest BCUT2D eigenvalue weighted by molar-refractivity contribution is -0.234. The van der Waals surface area contributed by atoms with Gasteiger partial charge in [-0.05, 0) is 128 Å². The first-order chi connectivity index (χ1) is 24.1. The molecule has 0 saturated heterocycles. The Labute approximate surface area is 307 Å². The molecule has 4 saturated carbocycles. The second-order valence-corrected chi connectivity index (χ2v) is 17.4. The standard InChI is InChI=1S/C41H56ClN3O6/c1-24(2)9-8-10-30(38(49)50-23-29-22-45(44-43-29)21-27-11-13-28(42)14-12-27)36-32-19-34(48)37-39(5)17-16-33(47)25(3)31(39)15-18-40(37,6)41(32,7)20-35(36)51-26(4)46/h9,11-14,22,25,31-35,37,47-48H,8,10,15-21,23H2,1-7H3/b36-30-/t25-,31-,32-,33+,34+,35-,37-,39-,40-,41-/m0/s1. The van der Waals surface area contributed by atoms with Crippen molar-refractivity contribution in [2.24, 2.45) is 39.9 Å². The summed E-state index contributed by atoms with van der Waals surface area (Å²) in [5.74, 6) is -0.480. The van der Waals surface area contributed by atoms with Crippen LogP contribution in [0.2, 0.25) is 5.02 Å². The second-order valence-electron chi connectivity index (χ2n) is 17.0. The van der Waals surface area contributed by atoms with Gasteiger partial charge in [-0.2, -0.15) is 0 Å². The first kappa shape index (κ1) is 37.7. The van der Waals surface area contributed by atoms with E-state index in [9.17, 15) is 19.8 Å². The molecule has 4 aliphatic rings. The third kappa shape index (κ3) is 6.95. The Balaban J connectivity index is 1.33. The number of carbonyl (C=O) groups is 2. The van der Waals surface area contributed by atoms with Crippen molar-refractivity contribution in [2.45, 2.75) is 131 Å². The fourth-order valence-electron chi connectivity index (χ4n) is 11.3. The number of hydrogen-bond donors (Lipinski definition) is 2. The third-order valence-electron chi connectivity index (χ3n) is 13.8. The highest BCUT2D eigenvalue weighted by molar-refractivity contribution is 6.30. The number of benzene rings is 1. The highest BCUT2D eigenvalue weighted by Gasteiger charge is 2.70. The Morgan fingerprint density at radius 1 is 1.04 bits per heavy atom. The van der Waals surface area contributed by atoms with Gasteiger partial charge < -0.3 is 19.7 Å². The maximum Gasteiger partial charge on any atom is 0.334 e. The highest BCUT2D eigenvalue weighted by atomic mass is 35.5. The summed E-state index contributed by atoms with van der Waals surface area (Å²) in [6, 6.07) is 7.52. The van der Waals surface area contributed by atoms with Crippen LogP contribution in [-0.2, 0) is 32.2 Å². The summed E-state index contributed by atoms with van der Waals surface area (Å²) in [5.41, 5.74) is 3.29. The van der Waals surface area contributed by atoms with Gasteiger partial charge in [0, 0.05) is 17.5 Å². The molecule has 1 aromatic heterocycles. The number of fused-ring (bicyclic) bond motifs is 5. The van der Waals surface area contributed by atoms with Crippen molar-refractivity contribution in [1.29, 1.82) is 0 Å². The van der Waals surface area contributed by atoms with Gasteiger partial charge in [0.15, 0.2) is 0 Å². The maximum atomic E-state index is 14.3. The molecule has 0 bridgehead atoms. The molecule has 1 aromatic carbocycles. The van der Waals surface area contributed by atoms with Crippen LogP contribution in [0, 0.1) is 39.9 Å². The number of esters is 2. The number of allylic oxidation sites excluding steroid dienone is 2. The van der Waals surface area contributed by atoms with E-state index in [1.165, 1.54) is 6.92 Å². The predicted octanol–water partition coefficient (Wildman–Crippen LogP) is 7.62. The van der Waals surface area contributed by atoms with E-state index in [1.54, 1.807) is 10.9 Å². The van der Waals surface area contributed by atoms with Crippen LogP contribution in [0.1, 0.15) is 111 Å². The number of aliphatic hydroxyl groups is 2. The van der Waals surface area contributed by atoms with Crippen molar-refractivity contribution >= 4 is 23.5 Å². The lowest BCUT2D eigenvalue weighted by Crippen LogP contribution is -2.65. The molecule has 4 fully saturated rings. The first-order valence-corrected chi connectivity index (χ1v) is 19.2. The van der Waals surface area contributed by atoms with Crippen LogP contribution >= 0.6 is 11.6 Å². The number of ether oxygens (including phenoxy) is 2. The van der Waals surface area contributed by atoms with Crippen LogP contribution in [0.5, 0.6) is 0 Å². The molecule has 10 heteroatoms. The monoisotopic (exact) mass is 721 g/mol. The number of aromatic nitrogens is 3. The predicted molar refractivity (Wildman–Crippen MR) is 195 cm³/mol. The van der Waals surface area contributed by atoms with Gasteiger partial charge in [0.2, 0.25) is 0 Å². The lowest BCUT2D eigenvalue weighted by Gasteiger charge is -2.69. The zero-order valence-electron chi connectivity index (χ0n) is 31.3. The van der Waals surface area contributed by atoms with Crippen molar-refractivity contribution in [3.05, 3.63) is 69.5 Å². The summed E-state index contributed by atoms with van der Waals surface area (Å²) < 4.78 is 13.8. The zero-order valence-corrected chi connectivity index (χ0v) is 32.1. The van der Waals surface area contributed by atoms with Crippen LogP contribution in [0.4, 0.5) is 0 Å². The normalized spacial score (nSPS) is 36.7. The summed E-state index contributed by atoms with van der Waals surface area (Å²) >= 11 is 6.04. The summed E-state index contributed by atoms with van der Waals surface area (Å²) in [7, 11) is 0. The van der Waals surface area contributed by atoms with Gasteiger partial charge in [-0.3, -0.25) is 4.79 Å². The van der Waals surface area contributed by atoms with Gasteiger partial charge in [-0.1, -0.05) is 68.3 Å². The molecular weight excluding hydrogens is 666 g/mol. The summed E-state index contributed by atoms with van der Waals surface area (Å²) in [4.78, 5) is 27.0. The molecule has 4 aliphatic carbocycles. The minimum absolute atomic E-state index is 0.0221. The summed E-state index contributed by atoms with van der Waals surface area (Å²) in [6.07, 6.45) is 8.01. The molecule has 0 spiro atoms. The topological polar surface area (TPSA) is 124 Å². The van der Waals surface area contributed by atoms with Gasteiger partial charge in [0.05, 0.1) is 24.9 Å². The number of nitrogens with zero attached hydrogens (tertiary/aromatic N) is 3. The van der Waals surface area contributed by atoms with E-state index < -0.39 is 18.2 Å². The SMILES string of the molecule is CC(=O)O[C@H]1C[C@@]2(C)[C@@H](C[C@@H](O)[C@H]3[C@@]4(C)CC[C@@H](O)[C@@H](C)[C@@H]4CC[C@@]32C)/C1=C(\CCC=C(C)C)C(=O)OCc1cn(Cc2ccc(Cl)cc2)nn1. The Bertz CT molecular complexity index is 1680. The Hall–Kier alpha value is -3.01. The first-order valence-electron chi connectivity index (χ1n) is 18.8. The average molecular weight is 722 g/mol. The molecule has 278 valence electrons. The molecular formula is C41H56ClN3O6. The fourth-order valence-corrected chi connectivity index (χ4v) is 11.4. The smallest absolute Gasteiger partial charge is 0.334 e. The van der Waals surface area contributed by atoms with Gasteiger partial charge in [-0.25, -0.2) is 9.48 Å². The number of rotatable bonds is 9. The molecule has 2 N–H and O–H groups in total. The van der Waals surface area contributed by atoms with E-state index in [2.05, 4.69) is 44.1 Å². The van der Waals surface area contributed by atoms with Crippen LogP contribution in [0.3, 0.4) is 0 Å². The zero-order chi connectivity index (χ0) is 36.9. The van der Waals surface area contributed by atoms with E-state index >= 15 is 0 Å². The number of halogens is 1. The van der Waals surface area contributed by atoms with Crippen molar-refractivity contribution < 1.29 is 29.3 Å². The minimum atomic E-state index is -0.597. The maximum absolute atomic E-state index is 14.3. The van der Waals surface area contributed by atoms with Gasteiger partial charge in [0.1, 0.15) is 18.4 Å². The molecule has 0 unspecified atom stereocenters. The van der Waals surface area contributed by atoms with E-state index in [1.807, 2.05) is 38.1 Å². The van der Waals surface area contributed by atoms with Gasteiger partial charge >= 0.3 is 11.9 Å². The minimum Gasteiger partial charge on any atom is -0.458 e. The fraction of sp³-hybridized carbons (Fsp3) is 0.659. The van der Waals surface area contributed by atoms with Gasteiger partial charge in [-0.15, -0.1) is 5.10 Å². The molecule has 9 nitrogen and oxygen atoms in total. The molecule has 0 amide bonds. The van der Waals surface area contributed by atoms with Crippen LogP contribution in [0.25, 0.3) is 0 Å². The van der Waals surface area contributed by atoms with E-state index in [0.717, 1.165) is 42.4 Å². The van der Waals surface area contributed by atoms with Crippen LogP contribution in [0.15, 0.2) is 53.3 Å². The van der Waals surface area contributed by atoms with Crippen molar-refractivity contribution in [1.82, 2.24) is 15.0 Å². The summed E-state index contributed by atoms with van der Waals surface area (Å²) in [6.45, 7) is 15.1. The van der Waals surface area contributed by atoms with Crippen molar-refractivity contribution in [3.63, 3.8) is 0 Å². The van der Waals surface area contributed by atoms with E-state index in [4.69, 9.17) is 21.1 Å². The van der Waals surface area contributed by atoms with Gasteiger partial charge in [0.25, 0.3) is 0 Å². The third-order valence-corrected chi connectivity index (χ3v) is 14.0.